The van der Waals surface area contributed by atoms with Crippen LogP contribution in [0.1, 0.15) is 13.8 Å². The Bertz CT molecular complexity index is 463. The first-order valence-electron chi connectivity index (χ1n) is 5.26. The molecule has 1 aromatic carbocycles. The fourth-order valence-electron chi connectivity index (χ4n) is 1.09. The van der Waals surface area contributed by atoms with E-state index < -0.39 is 0 Å². The Kier molecular flexibility index (Phi) is 5.94. The summed E-state index contributed by atoms with van der Waals surface area (Å²) in [5, 5.41) is 3.35. The summed E-state index contributed by atoms with van der Waals surface area (Å²) in [6, 6.07) is 9.73. The number of nitrogens with zero attached hydrogens (tertiary/aromatic N) is 2. The van der Waals surface area contributed by atoms with Crippen LogP contribution >= 0.6 is 27.5 Å². The van der Waals surface area contributed by atoms with E-state index in [1.165, 1.54) is 0 Å². The molecule has 5 heteroatoms. The third-order valence-corrected chi connectivity index (χ3v) is 2.51. The molecule has 1 heterocycles. The summed E-state index contributed by atoms with van der Waals surface area (Å²) in [6.45, 7) is 4.00. The molecular weight excluding hydrogens is 302 g/mol. The summed E-state index contributed by atoms with van der Waals surface area (Å²) in [4.78, 5) is 7.91. The third-order valence-electron chi connectivity index (χ3n) is 1.75. The highest BCUT2D eigenvalue weighted by atomic mass is 79.9. The maximum Gasteiger partial charge on any atom is 0.224 e. The van der Waals surface area contributed by atoms with E-state index >= 15 is 0 Å². The van der Waals surface area contributed by atoms with Crippen LogP contribution in [0, 0.1) is 0 Å². The lowest BCUT2D eigenvalue weighted by molar-refractivity contribution is 1.15. The van der Waals surface area contributed by atoms with Gasteiger partial charge in [-0.1, -0.05) is 32.0 Å². The lowest BCUT2D eigenvalue weighted by atomic mass is 10.3. The zero-order chi connectivity index (χ0) is 12.7. The summed E-state index contributed by atoms with van der Waals surface area (Å²) >= 11 is 9.04. The van der Waals surface area contributed by atoms with Gasteiger partial charge in [0.2, 0.25) is 5.28 Å². The van der Waals surface area contributed by atoms with Crippen molar-refractivity contribution in [2.24, 2.45) is 0 Å². The highest BCUT2D eigenvalue weighted by Crippen LogP contribution is 2.23. The molecule has 90 valence electrons. The molecule has 1 N–H and O–H groups in total. The van der Waals surface area contributed by atoms with Gasteiger partial charge in [-0.3, -0.25) is 0 Å². The first kappa shape index (κ1) is 13.9. The van der Waals surface area contributed by atoms with Crippen molar-refractivity contribution in [3.8, 4) is 0 Å². The SMILES string of the molecule is CC.Clc1ncc(Br)c(Nc2ccccc2)n1. The Morgan fingerprint density at radius 1 is 1.18 bits per heavy atom. The van der Waals surface area contributed by atoms with Crippen LogP contribution < -0.4 is 5.32 Å². The average Bonchev–Trinajstić information content (AvgIpc) is 2.38. The van der Waals surface area contributed by atoms with E-state index in [1.807, 2.05) is 44.2 Å². The average molecular weight is 315 g/mol. The summed E-state index contributed by atoms with van der Waals surface area (Å²) in [7, 11) is 0. The summed E-state index contributed by atoms with van der Waals surface area (Å²) < 4.78 is 0.774. The second kappa shape index (κ2) is 7.25. The fourth-order valence-corrected chi connectivity index (χ4v) is 1.51. The van der Waals surface area contributed by atoms with E-state index in [9.17, 15) is 0 Å². The second-order valence-electron chi connectivity index (χ2n) is 2.83. The summed E-state index contributed by atoms with van der Waals surface area (Å²) in [6.07, 6.45) is 1.61. The van der Waals surface area contributed by atoms with Gasteiger partial charge >= 0.3 is 0 Å². The number of rotatable bonds is 2. The number of benzene rings is 1. The van der Waals surface area contributed by atoms with Crippen molar-refractivity contribution in [1.82, 2.24) is 9.97 Å². The number of anilines is 2. The largest absolute Gasteiger partial charge is 0.339 e. The van der Waals surface area contributed by atoms with Crippen molar-refractivity contribution in [2.75, 3.05) is 5.32 Å². The molecule has 17 heavy (non-hydrogen) atoms. The van der Waals surface area contributed by atoms with Crippen LogP contribution in [0.5, 0.6) is 0 Å². The van der Waals surface area contributed by atoms with Gasteiger partial charge < -0.3 is 5.32 Å². The lowest BCUT2D eigenvalue weighted by Gasteiger charge is -2.06. The standard InChI is InChI=1S/C10H7BrClN3.C2H6/c11-8-6-13-10(12)15-9(8)14-7-4-2-1-3-5-7;1-2/h1-6H,(H,13,14,15);1-2H3. The number of halogens is 2. The summed E-state index contributed by atoms with van der Waals surface area (Å²) in [5.41, 5.74) is 0.952. The van der Waals surface area contributed by atoms with E-state index in [4.69, 9.17) is 11.6 Å². The van der Waals surface area contributed by atoms with Crippen LogP contribution in [-0.4, -0.2) is 9.97 Å². The lowest BCUT2D eigenvalue weighted by Crippen LogP contribution is -1.95. The van der Waals surface area contributed by atoms with Crippen LogP contribution in [-0.2, 0) is 0 Å². The van der Waals surface area contributed by atoms with Gasteiger partial charge in [0.05, 0.1) is 4.47 Å². The van der Waals surface area contributed by atoms with Crippen molar-refractivity contribution in [2.45, 2.75) is 13.8 Å². The number of hydrogen-bond donors (Lipinski definition) is 1. The quantitative estimate of drug-likeness (QED) is 0.819. The smallest absolute Gasteiger partial charge is 0.224 e. The Morgan fingerprint density at radius 2 is 1.82 bits per heavy atom. The predicted octanol–water partition coefficient (Wildman–Crippen LogP) is 4.66. The molecule has 0 fully saturated rings. The topological polar surface area (TPSA) is 37.8 Å². The van der Waals surface area contributed by atoms with Gasteiger partial charge in [-0.05, 0) is 39.7 Å². The third kappa shape index (κ3) is 4.32. The van der Waals surface area contributed by atoms with Gasteiger partial charge in [0.15, 0.2) is 0 Å². The highest BCUT2D eigenvalue weighted by Gasteiger charge is 2.03. The molecule has 0 radical (unpaired) electrons. The van der Waals surface area contributed by atoms with E-state index in [-0.39, 0.29) is 5.28 Å². The van der Waals surface area contributed by atoms with E-state index in [0.717, 1.165) is 10.2 Å². The first-order valence-corrected chi connectivity index (χ1v) is 6.43. The van der Waals surface area contributed by atoms with Gasteiger partial charge in [0.1, 0.15) is 5.82 Å². The molecule has 3 nitrogen and oxygen atoms in total. The molecule has 0 aliphatic heterocycles. The van der Waals surface area contributed by atoms with Gasteiger partial charge in [-0.15, -0.1) is 0 Å². The van der Waals surface area contributed by atoms with Crippen LogP contribution in [0.2, 0.25) is 5.28 Å². The molecule has 0 amide bonds. The highest BCUT2D eigenvalue weighted by molar-refractivity contribution is 9.10. The first-order chi connectivity index (χ1) is 8.25. The number of para-hydroxylation sites is 1. The maximum absolute atomic E-state index is 5.70. The molecule has 0 spiro atoms. The van der Waals surface area contributed by atoms with Crippen LogP contribution in [0.25, 0.3) is 0 Å². The van der Waals surface area contributed by atoms with Gasteiger partial charge in [-0.2, -0.15) is 4.98 Å². The second-order valence-corrected chi connectivity index (χ2v) is 4.02. The molecule has 0 saturated carbocycles. The summed E-state index contributed by atoms with van der Waals surface area (Å²) in [5.74, 6) is 0.654. The number of nitrogens with one attached hydrogen (secondary N) is 1. The maximum atomic E-state index is 5.70. The van der Waals surface area contributed by atoms with Crippen molar-refractivity contribution in [1.29, 1.82) is 0 Å². The van der Waals surface area contributed by atoms with Crippen molar-refractivity contribution in [3.63, 3.8) is 0 Å². The minimum Gasteiger partial charge on any atom is -0.339 e. The molecule has 0 aliphatic carbocycles. The normalized spacial score (nSPS) is 9.18. The van der Waals surface area contributed by atoms with E-state index in [2.05, 4.69) is 31.2 Å². The number of aromatic nitrogens is 2. The molecule has 0 unspecified atom stereocenters. The molecule has 2 rings (SSSR count). The Hall–Kier alpha value is -1.13. The molecule has 0 bridgehead atoms. The minimum absolute atomic E-state index is 0.219. The molecule has 1 aromatic heterocycles. The van der Waals surface area contributed by atoms with Crippen molar-refractivity contribution in [3.05, 3.63) is 46.3 Å². The zero-order valence-corrected chi connectivity index (χ0v) is 12.0. The zero-order valence-electron chi connectivity index (χ0n) is 9.61. The number of hydrogen-bond acceptors (Lipinski definition) is 3. The van der Waals surface area contributed by atoms with Crippen LogP contribution in [0.3, 0.4) is 0 Å². The molecular formula is C12H13BrClN3. The monoisotopic (exact) mass is 313 g/mol. The van der Waals surface area contributed by atoms with E-state index in [1.54, 1.807) is 6.20 Å². The van der Waals surface area contributed by atoms with Gasteiger partial charge in [-0.25, -0.2) is 4.98 Å². The molecule has 0 atom stereocenters. The Morgan fingerprint density at radius 3 is 2.47 bits per heavy atom. The van der Waals surface area contributed by atoms with Crippen molar-refractivity contribution >= 4 is 39.0 Å². The molecule has 0 saturated heterocycles. The van der Waals surface area contributed by atoms with Crippen LogP contribution in [0.15, 0.2) is 41.0 Å². The Balaban J connectivity index is 0.000000686. The fraction of sp³-hybridized carbons (Fsp3) is 0.167. The van der Waals surface area contributed by atoms with E-state index in [0.29, 0.717) is 5.82 Å². The van der Waals surface area contributed by atoms with Crippen molar-refractivity contribution < 1.29 is 0 Å². The molecule has 2 aromatic rings. The van der Waals surface area contributed by atoms with Crippen LogP contribution in [0.4, 0.5) is 11.5 Å². The van der Waals surface area contributed by atoms with Gasteiger partial charge in [0, 0.05) is 11.9 Å². The minimum atomic E-state index is 0.219. The Labute approximate surface area is 114 Å². The molecule has 0 aliphatic rings. The predicted molar refractivity (Wildman–Crippen MR) is 75.8 cm³/mol. The van der Waals surface area contributed by atoms with Gasteiger partial charge in [0.25, 0.3) is 0 Å².